The molecule has 1 fully saturated rings. The van der Waals surface area contributed by atoms with E-state index < -0.39 is 4.92 Å². The number of amides is 1. The number of hydrogen-bond donors (Lipinski definition) is 1. The van der Waals surface area contributed by atoms with Crippen LogP contribution in [0.5, 0.6) is 0 Å². The Morgan fingerprint density at radius 2 is 2.24 bits per heavy atom. The minimum Gasteiger partial charge on any atom is -0.367 e. The van der Waals surface area contributed by atoms with Crippen molar-refractivity contribution in [3.8, 4) is 0 Å². The molecule has 2 heterocycles. The minimum absolute atomic E-state index is 0.0144. The van der Waals surface area contributed by atoms with Gasteiger partial charge in [0.25, 0.3) is 5.69 Å². The fourth-order valence-electron chi connectivity index (χ4n) is 3.19. The summed E-state index contributed by atoms with van der Waals surface area (Å²) in [5.74, 6) is -0.188. The topological polar surface area (TPSA) is 93.3 Å². The first kappa shape index (κ1) is 16.9. The third-order valence-electron chi connectivity index (χ3n) is 4.38. The third kappa shape index (κ3) is 4.14. The first-order valence-electron chi connectivity index (χ1n) is 8.28. The van der Waals surface area contributed by atoms with E-state index in [9.17, 15) is 14.9 Å². The third-order valence-corrected chi connectivity index (χ3v) is 4.38. The molecule has 1 N–H and O–H groups in total. The number of nitro benzene ring substituents is 1. The van der Waals surface area contributed by atoms with Crippen molar-refractivity contribution in [1.29, 1.82) is 0 Å². The van der Waals surface area contributed by atoms with Crippen molar-refractivity contribution in [2.24, 2.45) is 7.05 Å². The quantitative estimate of drug-likeness (QED) is 0.658. The Hall–Kier alpha value is -2.90. The zero-order valence-corrected chi connectivity index (χ0v) is 14.1. The van der Waals surface area contributed by atoms with Crippen LogP contribution in [0.1, 0.15) is 18.4 Å². The van der Waals surface area contributed by atoms with Crippen molar-refractivity contribution >= 4 is 17.3 Å². The second kappa shape index (κ2) is 7.33. The van der Waals surface area contributed by atoms with Crippen LogP contribution in [0.25, 0.3) is 0 Å². The number of hydrogen-bond acceptors (Lipinski definition) is 5. The fraction of sp³-hybridized carbons (Fsp3) is 0.412. The van der Waals surface area contributed by atoms with Gasteiger partial charge in [-0.15, -0.1) is 0 Å². The highest BCUT2D eigenvalue weighted by molar-refractivity contribution is 5.80. The van der Waals surface area contributed by atoms with Crippen LogP contribution in [-0.2, 0) is 18.3 Å². The van der Waals surface area contributed by atoms with Gasteiger partial charge in [0.05, 0.1) is 23.2 Å². The second-order valence-electron chi connectivity index (χ2n) is 6.29. The molecule has 1 saturated heterocycles. The average molecular weight is 343 g/mol. The highest BCUT2D eigenvalue weighted by Gasteiger charge is 2.23. The Bertz CT molecular complexity index is 773. The van der Waals surface area contributed by atoms with E-state index in [0.717, 1.165) is 25.1 Å². The first-order valence-corrected chi connectivity index (χ1v) is 8.28. The molecule has 1 aromatic carbocycles. The lowest BCUT2D eigenvalue weighted by molar-refractivity contribution is -0.385. The second-order valence-corrected chi connectivity index (χ2v) is 6.29. The summed E-state index contributed by atoms with van der Waals surface area (Å²) >= 11 is 0. The number of anilines is 1. The van der Waals surface area contributed by atoms with E-state index in [1.807, 2.05) is 19.4 Å². The Morgan fingerprint density at radius 1 is 1.44 bits per heavy atom. The largest absolute Gasteiger partial charge is 0.367 e. The molecule has 8 nitrogen and oxygen atoms in total. The SMILES string of the molecule is Cn1cc(N2CCCC(NC(=O)Cc3ccccc3[N+](=O)[O-])C2)cn1. The van der Waals surface area contributed by atoms with Gasteiger partial charge < -0.3 is 10.2 Å². The van der Waals surface area contributed by atoms with Gasteiger partial charge in [0.1, 0.15) is 0 Å². The first-order chi connectivity index (χ1) is 12.0. The molecule has 3 rings (SSSR count). The molecule has 1 aliphatic rings. The van der Waals surface area contributed by atoms with Gasteiger partial charge in [-0.2, -0.15) is 5.10 Å². The van der Waals surface area contributed by atoms with Crippen LogP contribution in [0.4, 0.5) is 11.4 Å². The molecule has 0 spiro atoms. The van der Waals surface area contributed by atoms with E-state index in [1.54, 1.807) is 22.9 Å². The number of nitro groups is 1. The molecule has 2 aromatic rings. The highest BCUT2D eigenvalue weighted by Crippen LogP contribution is 2.20. The minimum atomic E-state index is -0.451. The number of piperidine rings is 1. The summed E-state index contributed by atoms with van der Waals surface area (Å²) in [6, 6.07) is 6.39. The molecule has 1 atom stereocenters. The summed E-state index contributed by atoms with van der Waals surface area (Å²) in [5.41, 5.74) is 1.46. The van der Waals surface area contributed by atoms with Gasteiger partial charge in [-0.25, -0.2) is 0 Å². The number of carbonyl (C=O) groups excluding carboxylic acids is 1. The number of nitrogens with one attached hydrogen (secondary N) is 1. The van der Waals surface area contributed by atoms with Gasteiger partial charge >= 0.3 is 0 Å². The van der Waals surface area contributed by atoms with Crippen molar-refractivity contribution in [2.75, 3.05) is 18.0 Å². The lowest BCUT2D eigenvalue weighted by atomic mass is 10.0. The predicted molar refractivity (Wildman–Crippen MR) is 93.4 cm³/mol. The monoisotopic (exact) mass is 343 g/mol. The van der Waals surface area contributed by atoms with Crippen molar-refractivity contribution in [3.05, 3.63) is 52.3 Å². The molecule has 1 aromatic heterocycles. The molecule has 0 bridgehead atoms. The fourth-order valence-corrected chi connectivity index (χ4v) is 3.19. The number of aryl methyl sites for hydroxylation is 1. The molecule has 1 amide bonds. The van der Waals surface area contributed by atoms with Crippen LogP contribution in [0.15, 0.2) is 36.7 Å². The molecule has 25 heavy (non-hydrogen) atoms. The van der Waals surface area contributed by atoms with Crippen LogP contribution in [0, 0.1) is 10.1 Å². The van der Waals surface area contributed by atoms with Gasteiger partial charge in [0, 0.05) is 44.0 Å². The average Bonchev–Trinajstić information content (AvgIpc) is 3.02. The van der Waals surface area contributed by atoms with Gasteiger partial charge in [-0.3, -0.25) is 19.6 Å². The van der Waals surface area contributed by atoms with Crippen molar-refractivity contribution in [3.63, 3.8) is 0 Å². The molecule has 8 heteroatoms. The molecule has 0 aliphatic carbocycles. The number of nitrogens with zero attached hydrogens (tertiary/aromatic N) is 4. The van der Waals surface area contributed by atoms with Crippen LogP contribution >= 0.6 is 0 Å². The Morgan fingerprint density at radius 3 is 2.96 bits per heavy atom. The molecule has 1 aliphatic heterocycles. The Balaban J connectivity index is 1.60. The zero-order chi connectivity index (χ0) is 17.8. The van der Waals surface area contributed by atoms with Crippen LogP contribution in [0.2, 0.25) is 0 Å². The van der Waals surface area contributed by atoms with Crippen LogP contribution < -0.4 is 10.2 Å². The van der Waals surface area contributed by atoms with Gasteiger partial charge in [0.15, 0.2) is 0 Å². The van der Waals surface area contributed by atoms with E-state index >= 15 is 0 Å². The summed E-state index contributed by atoms with van der Waals surface area (Å²) in [4.78, 5) is 25.1. The lowest BCUT2D eigenvalue weighted by Gasteiger charge is -2.33. The van der Waals surface area contributed by atoms with Gasteiger partial charge in [0.2, 0.25) is 5.91 Å². The number of aromatic nitrogens is 2. The summed E-state index contributed by atoms with van der Waals surface area (Å²) in [7, 11) is 1.87. The normalized spacial score (nSPS) is 17.3. The smallest absolute Gasteiger partial charge is 0.273 e. The summed E-state index contributed by atoms with van der Waals surface area (Å²) < 4.78 is 1.76. The van der Waals surface area contributed by atoms with Crippen molar-refractivity contribution in [2.45, 2.75) is 25.3 Å². The molecule has 132 valence electrons. The standard InChI is InChI=1S/C17H21N5O3/c1-20-12-15(10-18-20)21-8-4-6-14(11-21)19-17(23)9-13-5-2-3-7-16(13)22(24)25/h2-3,5,7,10,12,14H,4,6,8-9,11H2,1H3,(H,19,23). The number of carbonyl (C=O) groups is 1. The van der Waals surface area contributed by atoms with E-state index in [2.05, 4.69) is 15.3 Å². The van der Waals surface area contributed by atoms with Crippen molar-refractivity contribution in [1.82, 2.24) is 15.1 Å². The summed E-state index contributed by atoms with van der Waals surface area (Å²) in [6.45, 7) is 1.65. The molecular weight excluding hydrogens is 322 g/mol. The molecule has 0 saturated carbocycles. The molecule has 1 unspecified atom stereocenters. The van der Waals surface area contributed by atoms with Crippen LogP contribution in [0.3, 0.4) is 0 Å². The molecule has 0 radical (unpaired) electrons. The van der Waals surface area contributed by atoms with E-state index in [0.29, 0.717) is 12.1 Å². The number of benzene rings is 1. The Labute approximate surface area is 145 Å². The maximum atomic E-state index is 12.3. The van der Waals surface area contributed by atoms with Crippen LogP contribution in [-0.4, -0.2) is 39.7 Å². The van der Waals surface area contributed by atoms with Crippen molar-refractivity contribution < 1.29 is 9.72 Å². The lowest BCUT2D eigenvalue weighted by Crippen LogP contribution is -2.48. The van der Waals surface area contributed by atoms with Gasteiger partial charge in [-0.1, -0.05) is 18.2 Å². The van der Waals surface area contributed by atoms with Gasteiger partial charge in [-0.05, 0) is 12.8 Å². The predicted octanol–water partition coefficient (Wildman–Crippen LogP) is 1.66. The van der Waals surface area contributed by atoms with E-state index in [1.165, 1.54) is 6.07 Å². The number of para-hydroxylation sites is 1. The van der Waals surface area contributed by atoms with E-state index in [4.69, 9.17) is 0 Å². The summed E-state index contributed by atoms with van der Waals surface area (Å²) in [6.07, 6.45) is 5.67. The molecular formula is C17H21N5O3. The Kier molecular flexibility index (Phi) is 4.97. The zero-order valence-electron chi connectivity index (χ0n) is 14.1. The summed E-state index contributed by atoms with van der Waals surface area (Å²) in [5, 5.41) is 18.2. The highest BCUT2D eigenvalue weighted by atomic mass is 16.6. The maximum absolute atomic E-state index is 12.3. The number of rotatable bonds is 5. The van der Waals surface area contributed by atoms with E-state index in [-0.39, 0.29) is 24.1 Å². The maximum Gasteiger partial charge on any atom is 0.273 e.